The molecular formula is C14H24N2O3. The second-order valence-electron chi connectivity index (χ2n) is 5.33. The second-order valence-corrected chi connectivity index (χ2v) is 5.33. The summed E-state index contributed by atoms with van der Waals surface area (Å²) in [4.78, 5) is 27.1. The summed E-state index contributed by atoms with van der Waals surface area (Å²) in [6.07, 6.45) is 5.78. The normalized spacial score (nSPS) is 25.3. The van der Waals surface area contributed by atoms with Crippen molar-refractivity contribution in [2.75, 3.05) is 39.4 Å². The minimum absolute atomic E-state index is 0.0761. The number of morpholine rings is 1. The fourth-order valence-corrected chi connectivity index (χ4v) is 2.85. The van der Waals surface area contributed by atoms with Gasteiger partial charge >= 0.3 is 0 Å². The van der Waals surface area contributed by atoms with Crippen LogP contribution < -0.4 is 0 Å². The smallest absolute Gasteiger partial charge is 0.222 e. The number of hydrogen-bond donors (Lipinski definition) is 0. The maximum atomic E-state index is 12.0. The van der Waals surface area contributed by atoms with Gasteiger partial charge in [-0.2, -0.15) is 0 Å². The number of ether oxygens (including phenoxy) is 1. The van der Waals surface area contributed by atoms with E-state index in [1.165, 1.54) is 6.42 Å². The topological polar surface area (TPSA) is 49.9 Å². The molecule has 2 fully saturated rings. The van der Waals surface area contributed by atoms with Gasteiger partial charge in [-0.1, -0.05) is 6.42 Å². The van der Waals surface area contributed by atoms with E-state index in [9.17, 15) is 9.59 Å². The Morgan fingerprint density at radius 1 is 1.21 bits per heavy atom. The molecule has 5 nitrogen and oxygen atoms in total. The number of rotatable bonds is 5. The lowest BCUT2D eigenvalue weighted by Crippen LogP contribution is -2.42. The Bertz CT molecular complexity index is 303. The van der Waals surface area contributed by atoms with Crippen LogP contribution in [0.1, 0.15) is 32.1 Å². The van der Waals surface area contributed by atoms with E-state index >= 15 is 0 Å². The van der Waals surface area contributed by atoms with E-state index in [2.05, 4.69) is 4.90 Å². The van der Waals surface area contributed by atoms with Crippen LogP contribution in [-0.4, -0.2) is 67.4 Å². The first kappa shape index (κ1) is 14.5. The maximum absolute atomic E-state index is 12.0. The molecule has 0 bridgehead atoms. The molecular weight excluding hydrogens is 244 g/mol. The Morgan fingerprint density at radius 3 is 2.74 bits per heavy atom. The minimum Gasteiger partial charge on any atom is -0.378 e. The summed E-state index contributed by atoms with van der Waals surface area (Å²) in [7, 11) is 0. The Balaban J connectivity index is 1.67. The van der Waals surface area contributed by atoms with Gasteiger partial charge in [0.05, 0.1) is 19.3 Å². The minimum atomic E-state index is 0.0761. The van der Waals surface area contributed by atoms with E-state index in [1.54, 1.807) is 0 Å². The molecule has 2 rings (SSSR count). The molecule has 2 heterocycles. The highest BCUT2D eigenvalue weighted by Crippen LogP contribution is 2.16. The summed E-state index contributed by atoms with van der Waals surface area (Å²) >= 11 is 0. The molecule has 2 aliphatic rings. The van der Waals surface area contributed by atoms with Gasteiger partial charge in [0.15, 0.2) is 0 Å². The van der Waals surface area contributed by atoms with Gasteiger partial charge in [0, 0.05) is 19.5 Å². The van der Waals surface area contributed by atoms with Crippen molar-refractivity contribution < 1.29 is 14.3 Å². The van der Waals surface area contributed by atoms with Crippen LogP contribution in [0, 0.1) is 0 Å². The maximum Gasteiger partial charge on any atom is 0.222 e. The highest BCUT2D eigenvalue weighted by Gasteiger charge is 2.22. The highest BCUT2D eigenvalue weighted by atomic mass is 16.5. The van der Waals surface area contributed by atoms with Gasteiger partial charge in [-0.25, -0.2) is 0 Å². The standard InChI is InChI=1S/C14H24N2O3/c17-12-13-4-1-2-6-15(13)7-3-5-14(18)16-8-10-19-11-9-16/h12-13H,1-11H2. The van der Waals surface area contributed by atoms with Crippen molar-refractivity contribution in [2.45, 2.75) is 38.1 Å². The van der Waals surface area contributed by atoms with Crippen LogP contribution in [-0.2, 0) is 14.3 Å². The predicted octanol–water partition coefficient (Wildman–Crippen LogP) is 0.679. The summed E-state index contributed by atoms with van der Waals surface area (Å²) in [5, 5.41) is 0. The highest BCUT2D eigenvalue weighted by molar-refractivity contribution is 5.76. The first-order valence-corrected chi connectivity index (χ1v) is 7.36. The summed E-state index contributed by atoms with van der Waals surface area (Å²) in [5.41, 5.74) is 0. The Labute approximate surface area is 114 Å². The van der Waals surface area contributed by atoms with Gasteiger partial charge < -0.3 is 14.4 Å². The van der Waals surface area contributed by atoms with Crippen LogP contribution in [0.3, 0.4) is 0 Å². The molecule has 0 aromatic heterocycles. The lowest BCUT2D eigenvalue weighted by Gasteiger charge is -2.32. The van der Waals surface area contributed by atoms with Crippen molar-refractivity contribution in [1.29, 1.82) is 0 Å². The Morgan fingerprint density at radius 2 is 2.00 bits per heavy atom. The largest absolute Gasteiger partial charge is 0.378 e. The molecule has 0 saturated carbocycles. The molecule has 0 N–H and O–H groups in total. The van der Waals surface area contributed by atoms with Gasteiger partial charge in [0.25, 0.3) is 0 Å². The number of carbonyl (C=O) groups excluding carboxylic acids is 2. The number of likely N-dealkylation sites (tertiary alicyclic amines) is 1. The number of carbonyl (C=O) groups is 2. The van der Waals surface area contributed by atoms with E-state index in [0.29, 0.717) is 19.6 Å². The van der Waals surface area contributed by atoms with E-state index in [-0.39, 0.29) is 11.9 Å². The zero-order valence-corrected chi connectivity index (χ0v) is 11.6. The van der Waals surface area contributed by atoms with Crippen molar-refractivity contribution in [2.24, 2.45) is 0 Å². The van der Waals surface area contributed by atoms with E-state index in [1.807, 2.05) is 4.90 Å². The molecule has 0 radical (unpaired) electrons. The summed E-state index contributed by atoms with van der Waals surface area (Å²) < 4.78 is 5.24. The van der Waals surface area contributed by atoms with E-state index < -0.39 is 0 Å². The third-order valence-electron chi connectivity index (χ3n) is 4.02. The molecule has 5 heteroatoms. The van der Waals surface area contributed by atoms with Gasteiger partial charge in [-0.3, -0.25) is 9.69 Å². The predicted molar refractivity (Wildman–Crippen MR) is 71.9 cm³/mol. The van der Waals surface area contributed by atoms with E-state index in [4.69, 9.17) is 4.74 Å². The van der Waals surface area contributed by atoms with Crippen molar-refractivity contribution >= 4 is 12.2 Å². The zero-order chi connectivity index (χ0) is 13.5. The molecule has 1 amide bonds. The molecule has 0 spiro atoms. The van der Waals surface area contributed by atoms with Crippen LogP contribution in [0.25, 0.3) is 0 Å². The van der Waals surface area contributed by atoms with E-state index in [0.717, 1.165) is 51.7 Å². The van der Waals surface area contributed by atoms with Gasteiger partial charge in [0.2, 0.25) is 5.91 Å². The van der Waals surface area contributed by atoms with Crippen LogP contribution >= 0.6 is 0 Å². The fourth-order valence-electron chi connectivity index (χ4n) is 2.85. The Hall–Kier alpha value is -0.940. The molecule has 19 heavy (non-hydrogen) atoms. The first-order chi connectivity index (χ1) is 9.31. The number of piperidine rings is 1. The monoisotopic (exact) mass is 268 g/mol. The number of aldehydes is 1. The van der Waals surface area contributed by atoms with Crippen LogP contribution in [0.5, 0.6) is 0 Å². The molecule has 0 aromatic carbocycles. The van der Waals surface area contributed by atoms with Crippen molar-refractivity contribution in [3.63, 3.8) is 0 Å². The molecule has 108 valence electrons. The van der Waals surface area contributed by atoms with Crippen molar-refractivity contribution in [3.8, 4) is 0 Å². The average Bonchev–Trinajstić information content (AvgIpc) is 2.48. The zero-order valence-electron chi connectivity index (χ0n) is 11.6. The SMILES string of the molecule is O=CC1CCCCN1CCCC(=O)N1CCOCC1. The second kappa shape index (κ2) is 7.60. The summed E-state index contributed by atoms with van der Waals surface area (Å²) in [6, 6.07) is 0.0761. The summed E-state index contributed by atoms with van der Waals surface area (Å²) in [5.74, 6) is 0.225. The molecule has 0 aliphatic carbocycles. The molecule has 1 unspecified atom stereocenters. The van der Waals surface area contributed by atoms with Gasteiger partial charge in [-0.15, -0.1) is 0 Å². The third-order valence-corrected chi connectivity index (χ3v) is 4.02. The van der Waals surface area contributed by atoms with Crippen LogP contribution in [0.15, 0.2) is 0 Å². The summed E-state index contributed by atoms with van der Waals surface area (Å²) in [6.45, 7) is 4.61. The third kappa shape index (κ3) is 4.28. The first-order valence-electron chi connectivity index (χ1n) is 7.36. The molecule has 1 atom stereocenters. The van der Waals surface area contributed by atoms with Crippen molar-refractivity contribution in [1.82, 2.24) is 9.80 Å². The van der Waals surface area contributed by atoms with Crippen LogP contribution in [0.2, 0.25) is 0 Å². The molecule has 2 aliphatic heterocycles. The van der Waals surface area contributed by atoms with Crippen LogP contribution in [0.4, 0.5) is 0 Å². The van der Waals surface area contributed by atoms with Gasteiger partial charge in [0.1, 0.15) is 6.29 Å². The number of hydrogen-bond acceptors (Lipinski definition) is 4. The average molecular weight is 268 g/mol. The quantitative estimate of drug-likeness (QED) is 0.688. The Kier molecular flexibility index (Phi) is 5.79. The lowest BCUT2D eigenvalue weighted by atomic mass is 10.0. The van der Waals surface area contributed by atoms with Crippen molar-refractivity contribution in [3.05, 3.63) is 0 Å². The lowest BCUT2D eigenvalue weighted by molar-refractivity contribution is -0.135. The molecule has 2 saturated heterocycles. The molecule has 0 aromatic rings. The fraction of sp³-hybridized carbons (Fsp3) is 0.857. The number of nitrogens with zero attached hydrogens (tertiary/aromatic N) is 2. The number of amides is 1. The van der Waals surface area contributed by atoms with Gasteiger partial charge in [-0.05, 0) is 32.4 Å².